The molecule has 0 saturated heterocycles. The van der Waals surface area contributed by atoms with Crippen LogP contribution in [-0.2, 0) is 4.79 Å². The molecule has 2 amide bonds. The first-order valence-electron chi connectivity index (χ1n) is 10.6. The molecule has 1 fully saturated rings. The van der Waals surface area contributed by atoms with Gasteiger partial charge in [-0.1, -0.05) is 18.2 Å². The van der Waals surface area contributed by atoms with Crippen LogP contribution in [0.4, 0.5) is 15.8 Å². The first-order valence-corrected chi connectivity index (χ1v) is 10.6. The van der Waals surface area contributed by atoms with Crippen LogP contribution in [0.5, 0.6) is 0 Å². The zero-order valence-corrected chi connectivity index (χ0v) is 17.5. The first kappa shape index (κ1) is 20.6. The molecule has 1 heterocycles. The van der Waals surface area contributed by atoms with E-state index in [0.29, 0.717) is 33.8 Å². The maximum atomic E-state index is 13.2. The monoisotopic (exact) mass is 441 g/mol. The molecule has 1 aliphatic carbocycles. The summed E-state index contributed by atoms with van der Waals surface area (Å²) in [5.74, 6) is 0.180. The molecule has 0 unspecified atom stereocenters. The van der Waals surface area contributed by atoms with Gasteiger partial charge in [-0.05, 0) is 67.4 Å². The zero-order chi connectivity index (χ0) is 22.8. The van der Waals surface area contributed by atoms with Gasteiger partial charge in [0.25, 0.3) is 5.91 Å². The predicted octanol–water partition coefficient (Wildman–Crippen LogP) is 5.75. The van der Waals surface area contributed by atoms with Crippen LogP contribution >= 0.6 is 0 Å². The van der Waals surface area contributed by atoms with E-state index in [4.69, 9.17) is 4.42 Å². The third-order valence-corrected chi connectivity index (χ3v) is 5.37. The highest BCUT2D eigenvalue weighted by Gasteiger charge is 2.29. The van der Waals surface area contributed by atoms with Gasteiger partial charge in [-0.15, -0.1) is 0 Å². The van der Waals surface area contributed by atoms with Gasteiger partial charge in [0, 0.05) is 28.4 Å². The fourth-order valence-corrected chi connectivity index (χ4v) is 3.48. The summed E-state index contributed by atoms with van der Waals surface area (Å²) in [5, 5.41) is 5.75. The summed E-state index contributed by atoms with van der Waals surface area (Å²) < 4.78 is 19.1. The molecule has 0 atom stereocenters. The van der Waals surface area contributed by atoms with E-state index in [1.165, 1.54) is 12.1 Å². The molecule has 7 heteroatoms. The van der Waals surface area contributed by atoms with E-state index in [2.05, 4.69) is 15.6 Å². The van der Waals surface area contributed by atoms with Crippen molar-refractivity contribution in [3.05, 3.63) is 90.4 Å². The molecule has 6 nitrogen and oxygen atoms in total. The van der Waals surface area contributed by atoms with Gasteiger partial charge < -0.3 is 15.1 Å². The van der Waals surface area contributed by atoms with Crippen molar-refractivity contribution in [1.82, 2.24) is 4.98 Å². The topological polar surface area (TPSA) is 84.2 Å². The lowest BCUT2D eigenvalue weighted by Gasteiger charge is -2.10. The molecule has 0 aliphatic heterocycles. The normalized spacial score (nSPS) is 12.9. The molecule has 1 saturated carbocycles. The van der Waals surface area contributed by atoms with Crippen LogP contribution in [-0.4, -0.2) is 16.8 Å². The van der Waals surface area contributed by atoms with Crippen molar-refractivity contribution in [3.8, 4) is 22.8 Å². The number of amides is 2. The maximum absolute atomic E-state index is 13.2. The first-order chi connectivity index (χ1) is 16.1. The highest BCUT2D eigenvalue weighted by Crippen LogP contribution is 2.31. The van der Waals surface area contributed by atoms with E-state index in [1.807, 2.05) is 0 Å². The number of nitrogens with one attached hydrogen (secondary N) is 2. The number of hydrogen-bond donors (Lipinski definition) is 2. The Labute approximate surface area is 189 Å². The fraction of sp³-hybridized carbons (Fsp3) is 0.115. The lowest BCUT2D eigenvalue weighted by molar-refractivity contribution is -0.117. The second kappa shape index (κ2) is 8.70. The molecule has 3 aromatic carbocycles. The molecule has 0 bridgehead atoms. The molecule has 0 radical (unpaired) electrons. The number of anilines is 2. The van der Waals surface area contributed by atoms with Gasteiger partial charge in [0.2, 0.25) is 11.8 Å². The van der Waals surface area contributed by atoms with Crippen molar-refractivity contribution in [2.24, 2.45) is 5.92 Å². The van der Waals surface area contributed by atoms with Gasteiger partial charge in [0.05, 0.1) is 11.8 Å². The summed E-state index contributed by atoms with van der Waals surface area (Å²) in [6.45, 7) is 0. The summed E-state index contributed by atoms with van der Waals surface area (Å²) >= 11 is 0. The minimum atomic E-state index is -0.336. The zero-order valence-electron chi connectivity index (χ0n) is 17.5. The minimum absolute atomic E-state index is 0.00433. The number of benzene rings is 3. The van der Waals surface area contributed by atoms with Crippen LogP contribution in [0.15, 0.2) is 83.4 Å². The number of aromatic nitrogens is 1. The minimum Gasteiger partial charge on any atom is -0.436 e. The highest BCUT2D eigenvalue weighted by molar-refractivity contribution is 6.08. The Bertz CT molecular complexity index is 1330. The number of carbonyl (C=O) groups excluding carboxylic acids is 2. The van der Waals surface area contributed by atoms with Crippen LogP contribution in [0.3, 0.4) is 0 Å². The smallest absolute Gasteiger partial charge is 0.256 e. The molecule has 5 rings (SSSR count). The summed E-state index contributed by atoms with van der Waals surface area (Å²) in [6.07, 6.45) is 3.38. The molecule has 1 aliphatic rings. The van der Waals surface area contributed by atoms with E-state index in [-0.39, 0.29) is 29.4 Å². The summed E-state index contributed by atoms with van der Waals surface area (Å²) in [6, 6.07) is 19.9. The van der Waals surface area contributed by atoms with Crippen LogP contribution < -0.4 is 10.6 Å². The molecular weight excluding hydrogens is 421 g/mol. The van der Waals surface area contributed by atoms with Crippen molar-refractivity contribution in [2.45, 2.75) is 12.8 Å². The number of carbonyl (C=O) groups is 2. The predicted molar refractivity (Wildman–Crippen MR) is 123 cm³/mol. The van der Waals surface area contributed by atoms with Crippen LogP contribution in [0.1, 0.15) is 23.2 Å². The quantitative estimate of drug-likeness (QED) is 0.399. The Morgan fingerprint density at radius 1 is 0.909 bits per heavy atom. The summed E-state index contributed by atoms with van der Waals surface area (Å²) in [7, 11) is 0. The van der Waals surface area contributed by atoms with Gasteiger partial charge in [-0.25, -0.2) is 9.37 Å². The Balaban J connectivity index is 1.36. The van der Waals surface area contributed by atoms with Crippen LogP contribution in [0.2, 0.25) is 0 Å². The fourth-order valence-electron chi connectivity index (χ4n) is 3.48. The highest BCUT2D eigenvalue weighted by atomic mass is 19.1. The van der Waals surface area contributed by atoms with Crippen molar-refractivity contribution in [1.29, 1.82) is 0 Å². The summed E-state index contributed by atoms with van der Waals surface area (Å²) in [4.78, 5) is 29.4. The van der Waals surface area contributed by atoms with E-state index >= 15 is 0 Å². The van der Waals surface area contributed by atoms with Crippen molar-refractivity contribution in [3.63, 3.8) is 0 Å². The van der Waals surface area contributed by atoms with Crippen LogP contribution in [0, 0.1) is 11.7 Å². The molecule has 2 N–H and O–H groups in total. The number of rotatable bonds is 6. The molecular formula is C26H20FN3O3. The van der Waals surface area contributed by atoms with Gasteiger partial charge in [-0.3, -0.25) is 9.59 Å². The Kier molecular flexibility index (Phi) is 5.44. The SMILES string of the molecule is O=C(Nc1cccc(NC(=O)C2CC2)c1)c1ccccc1-c1ncc(-c2ccc(F)cc2)o1. The van der Waals surface area contributed by atoms with Crippen LogP contribution in [0.25, 0.3) is 22.8 Å². The molecule has 1 aromatic heterocycles. The Hall–Kier alpha value is -4.26. The van der Waals surface area contributed by atoms with Gasteiger partial charge in [0.1, 0.15) is 5.82 Å². The van der Waals surface area contributed by atoms with E-state index < -0.39 is 0 Å². The average Bonchev–Trinajstić information content (AvgIpc) is 3.57. The standard InChI is InChI=1S/C26H20FN3O3/c27-18-12-10-16(11-13-18)23-15-28-26(33-23)22-7-2-1-6-21(22)25(32)30-20-5-3-4-19(14-20)29-24(31)17-8-9-17/h1-7,10-15,17H,8-9H2,(H,29,31)(H,30,32). The molecule has 4 aromatic rings. The van der Waals surface area contributed by atoms with Crippen molar-refractivity contribution in [2.75, 3.05) is 10.6 Å². The van der Waals surface area contributed by atoms with Gasteiger partial charge in [-0.2, -0.15) is 0 Å². The largest absolute Gasteiger partial charge is 0.436 e. The van der Waals surface area contributed by atoms with E-state index in [0.717, 1.165) is 12.8 Å². The third-order valence-electron chi connectivity index (χ3n) is 5.37. The lowest BCUT2D eigenvalue weighted by Crippen LogP contribution is -2.15. The van der Waals surface area contributed by atoms with Gasteiger partial charge >= 0.3 is 0 Å². The van der Waals surface area contributed by atoms with E-state index in [9.17, 15) is 14.0 Å². The lowest BCUT2D eigenvalue weighted by atomic mass is 10.1. The number of nitrogens with zero attached hydrogens (tertiary/aromatic N) is 1. The third kappa shape index (κ3) is 4.67. The van der Waals surface area contributed by atoms with E-state index in [1.54, 1.807) is 66.9 Å². The van der Waals surface area contributed by atoms with Gasteiger partial charge in [0.15, 0.2) is 5.76 Å². The number of hydrogen-bond acceptors (Lipinski definition) is 4. The van der Waals surface area contributed by atoms with Crippen molar-refractivity contribution < 1.29 is 18.4 Å². The number of halogens is 1. The van der Waals surface area contributed by atoms with Crippen molar-refractivity contribution >= 4 is 23.2 Å². The Morgan fingerprint density at radius 3 is 2.39 bits per heavy atom. The maximum Gasteiger partial charge on any atom is 0.256 e. The second-order valence-electron chi connectivity index (χ2n) is 7.88. The Morgan fingerprint density at radius 2 is 1.64 bits per heavy atom. The average molecular weight is 441 g/mol. The molecule has 33 heavy (non-hydrogen) atoms. The summed E-state index contributed by atoms with van der Waals surface area (Å²) in [5.41, 5.74) is 2.79. The number of oxazole rings is 1. The molecule has 164 valence electrons. The molecule has 0 spiro atoms. The second-order valence-corrected chi connectivity index (χ2v) is 7.88.